The van der Waals surface area contributed by atoms with Crippen molar-refractivity contribution >= 4 is 12.4 Å². The predicted molar refractivity (Wildman–Crippen MR) is 69.5 cm³/mol. The highest BCUT2D eigenvalue weighted by molar-refractivity contribution is 5.85. The monoisotopic (exact) mass is 225 g/mol. The quantitative estimate of drug-likeness (QED) is 0.781. The lowest BCUT2D eigenvalue weighted by Gasteiger charge is -2.13. The topological polar surface area (TPSA) is 26.0 Å². The Morgan fingerprint density at radius 1 is 1.33 bits per heavy atom. The maximum absolute atomic E-state index is 6.05. The van der Waals surface area contributed by atoms with Gasteiger partial charge in [-0.15, -0.1) is 19.0 Å². The Hall–Kier alpha value is -0.790. The van der Waals surface area contributed by atoms with Crippen LogP contribution in [0.1, 0.15) is 36.1 Å². The van der Waals surface area contributed by atoms with Gasteiger partial charge in [0.15, 0.2) is 0 Å². The first-order chi connectivity index (χ1) is 6.50. The first-order valence-corrected chi connectivity index (χ1v) is 4.98. The third-order valence-electron chi connectivity index (χ3n) is 2.53. The molecule has 0 radical (unpaired) electrons. The van der Waals surface area contributed by atoms with Crippen LogP contribution in [0.25, 0.3) is 0 Å². The van der Waals surface area contributed by atoms with E-state index in [1.807, 2.05) is 6.92 Å². The normalized spacial score (nSPS) is 11.7. The number of aryl methyl sites for hydroxylation is 2. The van der Waals surface area contributed by atoms with E-state index in [0.717, 1.165) is 12.0 Å². The zero-order chi connectivity index (χ0) is 10.7. The van der Waals surface area contributed by atoms with Crippen LogP contribution in [0.2, 0.25) is 0 Å². The van der Waals surface area contributed by atoms with Crippen molar-refractivity contribution in [3.05, 3.63) is 47.0 Å². The summed E-state index contributed by atoms with van der Waals surface area (Å²) >= 11 is 0. The smallest absolute Gasteiger partial charge is 0.0332 e. The predicted octanol–water partition coefficient (Wildman–Crippen LogP) is 3.69. The van der Waals surface area contributed by atoms with E-state index in [9.17, 15) is 0 Å². The van der Waals surface area contributed by atoms with Gasteiger partial charge in [0.25, 0.3) is 0 Å². The molecule has 1 rings (SSSR count). The highest BCUT2D eigenvalue weighted by Crippen LogP contribution is 2.20. The number of hydrogen-bond acceptors (Lipinski definition) is 1. The van der Waals surface area contributed by atoms with Crippen LogP contribution in [0.3, 0.4) is 0 Å². The molecule has 2 N–H and O–H groups in total. The molecular formula is C13H20ClN. The fraction of sp³-hybridized carbons (Fsp3) is 0.385. The molecule has 0 spiro atoms. The Balaban J connectivity index is 0.00000196. The van der Waals surface area contributed by atoms with Gasteiger partial charge in [-0.25, -0.2) is 0 Å². The Labute approximate surface area is 98.8 Å². The third kappa shape index (κ3) is 4.06. The van der Waals surface area contributed by atoms with E-state index in [-0.39, 0.29) is 18.4 Å². The maximum Gasteiger partial charge on any atom is 0.0332 e. The van der Waals surface area contributed by atoms with Crippen LogP contribution in [0.15, 0.2) is 30.4 Å². The molecule has 0 fully saturated rings. The van der Waals surface area contributed by atoms with E-state index in [4.69, 9.17) is 5.73 Å². The van der Waals surface area contributed by atoms with Crippen molar-refractivity contribution in [2.24, 2.45) is 5.73 Å². The average Bonchev–Trinajstić information content (AvgIpc) is 2.08. The molecule has 0 aliphatic rings. The van der Waals surface area contributed by atoms with Crippen LogP contribution < -0.4 is 5.73 Å². The van der Waals surface area contributed by atoms with Crippen molar-refractivity contribution in [2.45, 2.75) is 33.2 Å². The van der Waals surface area contributed by atoms with E-state index in [1.54, 1.807) is 0 Å². The van der Waals surface area contributed by atoms with Gasteiger partial charge in [-0.3, -0.25) is 0 Å². The van der Waals surface area contributed by atoms with Crippen LogP contribution >= 0.6 is 12.4 Å². The van der Waals surface area contributed by atoms with E-state index in [2.05, 4.69) is 38.6 Å². The Bertz CT molecular complexity index is 344. The highest BCUT2D eigenvalue weighted by atomic mass is 35.5. The molecule has 0 aliphatic heterocycles. The second-order valence-electron chi connectivity index (χ2n) is 4.11. The summed E-state index contributed by atoms with van der Waals surface area (Å²) in [7, 11) is 0. The summed E-state index contributed by atoms with van der Waals surface area (Å²) in [5.74, 6) is 0. The fourth-order valence-electron chi connectivity index (χ4n) is 1.49. The number of rotatable bonds is 3. The molecule has 2 heteroatoms. The summed E-state index contributed by atoms with van der Waals surface area (Å²) in [6.45, 7) is 10.1. The van der Waals surface area contributed by atoms with Crippen LogP contribution in [0.4, 0.5) is 0 Å². The molecule has 1 atom stereocenters. The molecule has 0 unspecified atom stereocenters. The fourth-order valence-corrected chi connectivity index (χ4v) is 1.49. The summed E-state index contributed by atoms with van der Waals surface area (Å²) in [6.07, 6.45) is 0.864. The first kappa shape index (κ1) is 14.2. The molecule has 15 heavy (non-hydrogen) atoms. The maximum atomic E-state index is 6.05. The van der Waals surface area contributed by atoms with Crippen molar-refractivity contribution in [3.63, 3.8) is 0 Å². The van der Waals surface area contributed by atoms with Gasteiger partial charge >= 0.3 is 0 Å². The van der Waals surface area contributed by atoms with Crippen LogP contribution in [-0.4, -0.2) is 0 Å². The van der Waals surface area contributed by atoms with Crippen LogP contribution in [-0.2, 0) is 0 Å². The lowest BCUT2D eigenvalue weighted by molar-refractivity contribution is 0.716. The second-order valence-corrected chi connectivity index (χ2v) is 4.11. The number of benzene rings is 1. The van der Waals surface area contributed by atoms with E-state index >= 15 is 0 Å². The van der Waals surface area contributed by atoms with Gasteiger partial charge < -0.3 is 5.73 Å². The molecule has 1 aromatic carbocycles. The number of hydrogen-bond donors (Lipinski definition) is 1. The SMILES string of the molecule is C=C(C)C[C@H](N)c1ccc(C)c(C)c1.Cl. The average molecular weight is 226 g/mol. The van der Waals surface area contributed by atoms with Crippen molar-refractivity contribution in [2.75, 3.05) is 0 Å². The molecule has 0 aliphatic carbocycles. The summed E-state index contributed by atoms with van der Waals surface area (Å²) < 4.78 is 0. The van der Waals surface area contributed by atoms with Crippen molar-refractivity contribution in [1.29, 1.82) is 0 Å². The Morgan fingerprint density at radius 2 is 1.93 bits per heavy atom. The molecule has 1 nitrogen and oxygen atoms in total. The second kappa shape index (κ2) is 5.94. The van der Waals surface area contributed by atoms with Gasteiger partial charge in [0.1, 0.15) is 0 Å². The molecule has 0 aromatic heterocycles. The Kier molecular flexibility index (Phi) is 5.63. The van der Waals surface area contributed by atoms with Gasteiger partial charge in [-0.05, 0) is 43.9 Å². The first-order valence-electron chi connectivity index (χ1n) is 4.98. The molecule has 0 heterocycles. The minimum Gasteiger partial charge on any atom is -0.324 e. The van der Waals surface area contributed by atoms with Crippen molar-refractivity contribution in [1.82, 2.24) is 0 Å². The van der Waals surface area contributed by atoms with Crippen molar-refractivity contribution in [3.8, 4) is 0 Å². The third-order valence-corrected chi connectivity index (χ3v) is 2.53. The highest BCUT2D eigenvalue weighted by Gasteiger charge is 2.06. The zero-order valence-corrected chi connectivity index (χ0v) is 10.5. The molecule has 0 bridgehead atoms. The lowest BCUT2D eigenvalue weighted by Crippen LogP contribution is -2.10. The summed E-state index contributed by atoms with van der Waals surface area (Å²) in [4.78, 5) is 0. The van der Waals surface area contributed by atoms with Gasteiger partial charge in [-0.2, -0.15) is 0 Å². The van der Waals surface area contributed by atoms with Gasteiger partial charge in [-0.1, -0.05) is 23.8 Å². The number of nitrogens with two attached hydrogens (primary N) is 1. The Morgan fingerprint density at radius 3 is 2.40 bits per heavy atom. The standard InChI is InChI=1S/C13H19N.ClH/c1-9(2)7-13(14)12-6-5-10(3)11(4)8-12;/h5-6,8,13H,1,7,14H2,2-4H3;1H/t13-;/m0./s1. The van der Waals surface area contributed by atoms with E-state index in [1.165, 1.54) is 16.7 Å². The zero-order valence-electron chi connectivity index (χ0n) is 9.71. The summed E-state index contributed by atoms with van der Waals surface area (Å²) in [6, 6.07) is 6.49. The largest absolute Gasteiger partial charge is 0.324 e. The van der Waals surface area contributed by atoms with Crippen LogP contribution in [0.5, 0.6) is 0 Å². The van der Waals surface area contributed by atoms with E-state index < -0.39 is 0 Å². The molecule has 0 amide bonds. The van der Waals surface area contributed by atoms with E-state index in [0.29, 0.717) is 0 Å². The minimum absolute atomic E-state index is 0. The van der Waals surface area contributed by atoms with Gasteiger partial charge in [0.05, 0.1) is 0 Å². The minimum atomic E-state index is 0. The van der Waals surface area contributed by atoms with Crippen LogP contribution in [0, 0.1) is 13.8 Å². The molecule has 0 saturated carbocycles. The molecular weight excluding hydrogens is 206 g/mol. The number of halogens is 1. The molecule has 0 saturated heterocycles. The molecule has 84 valence electrons. The van der Waals surface area contributed by atoms with Gasteiger partial charge in [0, 0.05) is 6.04 Å². The molecule has 1 aromatic rings. The lowest BCUT2D eigenvalue weighted by atomic mass is 9.98. The van der Waals surface area contributed by atoms with Gasteiger partial charge in [0.2, 0.25) is 0 Å². The van der Waals surface area contributed by atoms with Crippen molar-refractivity contribution < 1.29 is 0 Å². The summed E-state index contributed by atoms with van der Waals surface area (Å²) in [5.41, 5.74) is 11.0. The summed E-state index contributed by atoms with van der Waals surface area (Å²) in [5, 5.41) is 0.